The van der Waals surface area contributed by atoms with E-state index in [2.05, 4.69) is 6.92 Å². The molecule has 22 heavy (non-hydrogen) atoms. The van der Waals surface area contributed by atoms with E-state index in [-0.39, 0.29) is 12.3 Å². The average Bonchev–Trinajstić information content (AvgIpc) is 2.53. The fourth-order valence-electron chi connectivity index (χ4n) is 3.10. The fourth-order valence-corrected chi connectivity index (χ4v) is 3.10. The van der Waals surface area contributed by atoms with Gasteiger partial charge in [0.1, 0.15) is 0 Å². The predicted molar refractivity (Wildman–Crippen MR) is 85.9 cm³/mol. The van der Waals surface area contributed by atoms with E-state index in [1.54, 1.807) is 0 Å². The Balaban J connectivity index is 1.94. The van der Waals surface area contributed by atoms with Crippen LogP contribution in [0.4, 0.5) is 0 Å². The van der Waals surface area contributed by atoms with Gasteiger partial charge in [0.25, 0.3) is 5.91 Å². The van der Waals surface area contributed by atoms with Crippen molar-refractivity contribution in [1.82, 2.24) is 4.90 Å². The first-order valence-electron chi connectivity index (χ1n) is 8.20. The lowest BCUT2D eigenvalue weighted by molar-refractivity contribution is -0.137. The molecule has 0 aromatic heterocycles. The highest BCUT2D eigenvalue weighted by Gasteiger charge is 2.24. The number of rotatable bonds is 6. The number of benzene rings is 1. The number of carbonyl (C=O) groups excluding carboxylic acids is 1. The molecule has 1 fully saturated rings. The van der Waals surface area contributed by atoms with Crippen LogP contribution in [0.3, 0.4) is 0 Å². The average molecular weight is 303 g/mol. The van der Waals surface area contributed by atoms with Crippen LogP contribution in [0.1, 0.15) is 54.9 Å². The van der Waals surface area contributed by atoms with Crippen molar-refractivity contribution in [2.75, 3.05) is 13.1 Å². The Morgan fingerprint density at radius 1 is 1.27 bits per heavy atom. The minimum atomic E-state index is -0.755. The Morgan fingerprint density at radius 2 is 2.00 bits per heavy atom. The van der Waals surface area contributed by atoms with Crippen molar-refractivity contribution < 1.29 is 14.7 Å². The van der Waals surface area contributed by atoms with E-state index in [4.69, 9.17) is 5.11 Å². The zero-order chi connectivity index (χ0) is 15.9. The maximum Gasteiger partial charge on any atom is 0.303 e. The molecule has 120 valence electrons. The van der Waals surface area contributed by atoms with Gasteiger partial charge in [0, 0.05) is 25.1 Å². The molecule has 1 aromatic carbocycles. The van der Waals surface area contributed by atoms with Gasteiger partial charge in [0.05, 0.1) is 0 Å². The molecule has 4 nitrogen and oxygen atoms in total. The molecule has 1 saturated heterocycles. The highest BCUT2D eigenvalue weighted by Crippen LogP contribution is 2.22. The van der Waals surface area contributed by atoms with E-state index >= 15 is 0 Å². The molecular formula is C18H25NO3. The zero-order valence-corrected chi connectivity index (χ0v) is 13.3. The summed E-state index contributed by atoms with van der Waals surface area (Å²) in [5.41, 5.74) is 2.00. The van der Waals surface area contributed by atoms with Crippen LogP contribution in [-0.2, 0) is 11.2 Å². The van der Waals surface area contributed by atoms with Crippen LogP contribution >= 0.6 is 0 Å². The monoisotopic (exact) mass is 303 g/mol. The Labute approximate surface area is 132 Å². The smallest absolute Gasteiger partial charge is 0.303 e. The summed E-state index contributed by atoms with van der Waals surface area (Å²) in [6.07, 6.45) is 4.98. The van der Waals surface area contributed by atoms with Crippen molar-refractivity contribution in [2.45, 2.75) is 45.4 Å². The van der Waals surface area contributed by atoms with Crippen LogP contribution in [0.15, 0.2) is 24.3 Å². The van der Waals surface area contributed by atoms with Gasteiger partial charge >= 0.3 is 5.97 Å². The van der Waals surface area contributed by atoms with Crippen LogP contribution in [0.2, 0.25) is 0 Å². The number of amides is 1. The van der Waals surface area contributed by atoms with E-state index < -0.39 is 5.97 Å². The van der Waals surface area contributed by atoms with Crippen molar-refractivity contribution >= 4 is 11.9 Å². The number of hydrogen-bond donors (Lipinski definition) is 1. The standard InChI is InChI=1S/C18H25NO3/c1-2-4-14-6-9-16(10-7-14)18(22)19-12-3-5-15(13-19)8-11-17(20)21/h6-7,9-10,15H,2-5,8,11-13H2,1H3,(H,20,21). The van der Waals surface area contributed by atoms with Gasteiger partial charge in [-0.2, -0.15) is 0 Å². The number of carbonyl (C=O) groups is 2. The Morgan fingerprint density at radius 3 is 2.64 bits per heavy atom. The zero-order valence-electron chi connectivity index (χ0n) is 13.3. The molecule has 0 bridgehead atoms. The number of hydrogen-bond acceptors (Lipinski definition) is 2. The number of piperidine rings is 1. The lowest BCUT2D eigenvalue weighted by Crippen LogP contribution is -2.40. The molecule has 1 amide bonds. The summed E-state index contributed by atoms with van der Waals surface area (Å²) in [5.74, 6) is -0.369. The van der Waals surface area contributed by atoms with Gasteiger partial charge in [-0.3, -0.25) is 9.59 Å². The van der Waals surface area contributed by atoms with Crippen LogP contribution in [-0.4, -0.2) is 35.0 Å². The molecule has 1 aromatic rings. The Hall–Kier alpha value is -1.84. The summed E-state index contributed by atoms with van der Waals surface area (Å²) < 4.78 is 0. The largest absolute Gasteiger partial charge is 0.481 e. The summed E-state index contributed by atoms with van der Waals surface area (Å²) in [6, 6.07) is 7.88. The SMILES string of the molecule is CCCc1ccc(C(=O)N2CCCC(CCC(=O)O)C2)cc1. The summed E-state index contributed by atoms with van der Waals surface area (Å²) >= 11 is 0. The molecule has 0 spiro atoms. The van der Waals surface area contributed by atoms with Gasteiger partial charge in [0.2, 0.25) is 0 Å². The maximum absolute atomic E-state index is 12.6. The first-order chi connectivity index (χ1) is 10.6. The quantitative estimate of drug-likeness (QED) is 0.876. The van der Waals surface area contributed by atoms with Crippen molar-refractivity contribution in [1.29, 1.82) is 0 Å². The lowest BCUT2D eigenvalue weighted by atomic mass is 9.93. The highest BCUT2D eigenvalue weighted by atomic mass is 16.4. The third kappa shape index (κ3) is 4.58. The Bertz CT molecular complexity index is 510. The fraction of sp³-hybridized carbons (Fsp3) is 0.556. The normalized spacial score (nSPS) is 18.2. The first-order valence-corrected chi connectivity index (χ1v) is 8.20. The minimum Gasteiger partial charge on any atom is -0.481 e. The molecule has 0 saturated carbocycles. The second kappa shape index (κ2) is 7.97. The van der Waals surface area contributed by atoms with E-state index in [0.717, 1.165) is 37.8 Å². The molecule has 1 unspecified atom stereocenters. The number of carboxylic acid groups (broad SMARTS) is 1. The summed E-state index contributed by atoms with van der Waals surface area (Å²) in [6.45, 7) is 3.60. The van der Waals surface area contributed by atoms with Crippen molar-refractivity contribution in [3.8, 4) is 0 Å². The van der Waals surface area contributed by atoms with E-state index in [1.807, 2.05) is 29.2 Å². The van der Waals surface area contributed by atoms with Gasteiger partial charge in [-0.05, 0) is 49.3 Å². The predicted octanol–water partition coefficient (Wildman–Crippen LogP) is 3.36. The number of aryl methyl sites for hydroxylation is 1. The second-order valence-corrected chi connectivity index (χ2v) is 6.14. The maximum atomic E-state index is 12.6. The molecule has 1 atom stereocenters. The van der Waals surface area contributed by atoms with Crippen LogP contribution in [0.25, 0.3) is 0 Å². The summed E-state index contributed by atoms with van der Waals surface area (Å²) in [4.78, 5) is 25.1. The van der Waals surface area contributed by atoms with Gasteiger partial charge in [-0.25, -0.2) is 0 Å². The van der Waals surface area contributed by atoms with Crippen LogP contribution < -0.4 is 0 Å². The van der Waals surface area contributed by atoms with Gasteiger partial charge < -0.3 is 10.0 Å². The highest BCUT2D eigenvalue weighted by molar-refractivity contribution is 5.94. The number of aliphatic carboxylic acids is 1. The molecule has 1 aliphatic rings. The van der Waals surface area contributed by atoms with Gasteiger partial charge in [-0.15, -0.1) is 0 Å². The minimum absolute atomic E-state index is 0.0723. The molecule has 1 aliphatic heterocycles. The number of likely N-dealkylation sites (tertiary alicyclic amines) is 1. The third-order valence-corrected chi connectivity index (χ3v) is 4.31. The molecule has 1 heterocycles. The van der Waals surface area contributed by atoms with E-state index in [9.17, 15) is 9.59 Å². The summed E-state index contributed by atoms with van der Waals surface area (Å²) in [5, 5.41) is 8.79. The Kier molecular flexibility index (Phi) is 5.99. The van der Waals surface area contributed by atoms with Gasteiger partial charge in [-0.1, -0.05) is 25.5 Å². The lowest BCUT2D eigenvalue weighted by Gasteiger charge is -2.32. The first kappa shape index (κ1) is 16.5. The van der Waals surface area contributed by atoms with E-state index in [0.29, 0.717) is 18.9 Å². The van der Waals surface area contributed by atoms with Crippen molar-refractivity contribution in [2.24, 2.45) is 5.92 Å². The molecule has 4 heteroatoms. The third-order valence-electron chi connectivity index (χ3n) is 4.31. The van der Waals surface area contributed by atoms with Crippen molar-refractivity contribution in [3.63, 3.8) is 0 Å². The van der Waals surface area contributed by atoms with Crippen LogP contribution in [0, 0.1) is 5.92 Å². The molecule has 1 N–H and O–H groups in total. The van der Waals surface area contributed by atoms with Crippen molar-refractivity contribution in [3.05, 3.63) is 35.4 Å². The topological polar surface area (TPSA) is 57.6 Å². The molecular weight excluding hydrogens is 278 g/mol. The summed E-state index contributed by atoms with van der Waals surface area (Å²) in [7, 11) is 0. The second-order valence-electron chi connectivity index (χ2n) is 6.14. The number of nitrogens with zero attached hydrogens (tertiary/aromatic N) is 1. The van der Waals surface area contributed by atoms with Gasteiger partial charge in [0.15, 0.2) is 0 Å². The molecule has 0 aliphatic carbocycles. The van der Waals surface area contributed by atoms with E-state index in [1.165, 1.54) is 5.56 Å². The number of carboxylic acids is 1. The molecule has 0 radical (unpaired) electrons. The molecule has 2 rings (SSSR count). The van der Waals surface area contributed by atoms with Crippen LogP contribution in [0.5, 0.6) is 0 Å².